The first-order valence-corrected chi connectivity index (χ1v) is 8.80. The number of amides is 1. The van der Waals surface area contributed by atoms with Crippen molar-refractivity contribution in [2.75, 3.05) is 11.5 Å². The maximum absolute atomic E-state index is 13.2. The molecule has 0 fully saturated rings. The molecule has 2 heterocycles. The Labute approximate surface area is 149 Å². The quantitative estimate of drug-likeness (QED) is 0.716. The summed E-state index contributed by atoms with van der Waals surface area (Å²) < 4.78 is 11.6. The van der Waals surface area contributed by atoms with Crippen molar-refractivity contribution >= 4 is 28.1 Å². The van der Waals surface area contributed by atoms with E-state index in [9.17, 15) is 4.79 Å². The van der Waals surface area contributed by atoms with Gasteiger partial charge in [-0.05, 0) is 31.2 Å². The summed E-state index contributed by atoms with van der Waals surface area (Å²) in [6.07, 6.45) is -0.723. The number of ether oxygens (including phenoxy) is 2. The van der Waals surface area contributed by atoms with Gasteiger partial charge in [-0.25, -0.2) is 4.98 Å². The van der Waals surface area contributed by atoms with Gasteiger partial charge in [0.05, 0.1) is 11.4 Å². The second kappa shape index (κ2) is 6.57. The summed E-state index contributed by atoms with van der Waals surface area (Å²) in [5, 5.41) is 2.54. The van der Waals surface area contributed by atoms with E-state index in [2.05, 4.69) is 4.98 Å². The SMILES string of the molecule is Cc1csc(N(C(=O)[C@@H]2COc3ccccc3O2)c2ccccc2)n1. The Bertz CT molecular complexity index is 894. The van der Waals surface area contributed by atoms with Gasteiger partial charge in [0, 0.05) is 5.38 Å². The van der Waals surface area contributed by atoms with Crippen LogP contribution in [0.5, 0.6) is 11.5 Å². The zero-order valence-corrected chi connectivity index (χ0v) is 14.4. The van der Waals surface area contributed by atoms with Crippen LogP contribution >= 0.6 is 11.3 Å². The number of benzene rings is 2. The molecule has 0 bridgehead atoms. The number of thiazole rings is 1. The first kappa shape index (κ1) is 15.7. The molecule has 5 nitrogen and oxygen atoms in total. The van der Waals surface area contributed by atoms with Crippen LogP contribution in [0.15, 0.2) is 60.0 Å². The average Bonchev–Trinajstić information content (AvgIpc) is 3.08. The molecule has 1 amide bonds. The number of anilines is 2. The second-order valence-electron chi connectivity index (χ2n) is 5.64. The molecule has 126 valence electrons. The van der Waals surface area contributed by atoms with Crippen LogP contribution in [0.3, 0.4) is 0 Å². The first-order chi connectivity index (χ1) is 12.2. The Kier molecular flexibility index (Phi) is 4.11. The van der Waals surface area contributed by atoms with Crippen molar-refractivity contribution in [3.8, 4) is 11.5 Å². The summed E-state index contributed by atoms with van der Waals surface area (Å²) in [4.78, 5) is 19.3. The normalized spacial score (nSPS) is 15.6. The summed E-state index contributed by atoms with van der Waals surface area (Å²) in [7, 11) is 0. The van der Waals surface area contributed by atoms with Crippen LogP contribution in [0.25, 0.3) is 0 Å². The van der Waals surface area contributed by atoms with Crippen molar-refractivity contribution in [2.45, 2.75) is 13.0 Å². The van der Waals surface area contributed by atoms with Gasteiger partial charge in [0.15, 0.2) is 16.6 Å². The Balaban J connectivity index is 1.67. The number of nitrogens with zero attached hydrogens (tertiary/aromatic N) is 2. The van der Waals surface area contributed by atoms with E-state index in [1.165, 1.54) is 11.3 Å². The van der Waals surface area contributed by atoms with Gasteiger partial charge in [0.1, 0.15) is 6.61 Å². The molecule has 0 aliphatic carbocycles. The van der Waals surface area contributed by atoms with Gasteiger partial charge >= 0.3 is 0 Å². The maximum atomic E-state index is 13.2. The van der Waals surface area contributed by atoms with Crippen molar-refractivity contribution in [1.29, 1.82) is 0 Å². The van der Waals surface area contributed by atoms with Gasteiger partial charge in [0.2, 0.25) is 6.10 Å². The third-order valence-electron chi connectivity index (χ3n) is 3.82. The maximum Gasteiger partial charge on any atom is 0.278 e. The lowest BCUT2D eigenvalue weighted by Gasteiger charge is -2.29. The van der Waals surface area contributed by atoms with E-state index in [1.807, 2.05) is 60.8 Å². The minimum Gasteiger partial charge on any atom is -0.485 e. The number of carbonyl (C=O) groups excluding carboxylic acids is 1. The summed E-state index contributed by atoms with van der Waals surface area (Å²) in [6.45, 7) is 2.08. The molecule has 3 aromatic rings. The lowest BCUT2D eigenvalue weighted by molar-refractivity contribution is -0.126. The standard InChI is InChI=1S/C19H16N2O3S/c1-13-12-25-19(20-13)21(14-7-3-2-4-8-14)18(22)17-11-23-15-9-5-6-10-16(15)24-17/h2-10,12,17H,11H2,1H3/t17-/m0/s1. The molecule has 4 rings (SSSR count). The Morgan fingerprint density at radius 1 is 1.12 bits per heavy atom. The van der Waals surface area contributed by atoms with Crippen molar-refractivity contribution in [3.05, 3.63) is 65.7 Å². The van der Waals surface area contributed by atoms with E-state index < -0.39 is 6.10 Å². The number of para-hydroxylation sites is 3. The van der Waals surface area contributed by atoms with Crippen LogP contribution in [0.2, 0.25) is 0 Å². The van der Waals surface area contributed by atoms with E-state index in [4.69, 9.17) is 9.47 Å². The van der Waals surface area contributed by atoms with Gasteiger partial charge in [-0.2, -0.15) is 0 Å². The zero-order valence-electron chi connectivity index (χ0n) is 13.6. The molecule has 25 heavy (non-hydrogen) atoms. The Morgan fingerprint density at radius 3 is 2.56 bits per heavy atom. The highest BCUT2D eigenvalue weighted by Crippen LogP contribution is 2.34. The van der Waals surface area contributed by atoms with E-state index in [0.29, 0.717) is 16.6 Å². The van der Waals surface area contributed by atoms with Gasteiger partial charge in [-0.15, -0.1) is 11.3 Å². The number of rotatable bonds is 3. The van der Waals surface area contributed by atoms with Crippen LogP contribution < -0.4 is 14.4 Å². The highest BCUT2D eigenvalue weighted by atomic mass is 32.1. The molecule has 0 unspecified atom stereocenters. The van der Waals surface area contributed by atoms with Crippen LogP contribution in [-0.2, 0) is 4.79 Å². The molecule has 0 saturated heterocycles. The molecular weight excluding hydrogens is 336 g/mol. The fourth-order valence-corrected chi connectivity index (χ4v) is 3.46. The van der Waals surface area contributed by atoms with Gasteiger partial charge in [-0.3, -0.25) is 9.69 Å². The molecule has 2 aromatic carbocycles. The lowest BCUT2D eigenvalue weighted by atomic mass is 10.2. The third-order valence-corrected chi connectivity index (χ3v) is 4.76. The molecule has 6 heteroatoms. The van der Waals surface area contributed by atoms with Gasteiger partial charge < -0.3 is 9.47 Å². The summed E-state index contributed by atoms with van der Waals surface area (Å²) >= 11 is 1.43. The number of hydrogen-bond donors (Lipinski definition) is 0. The predicted molar refractivity (Wildman–Crippen MR) is 96.8 cm³/mol. The van der Waals surface area contributed by atoms with Crippen molar-refractivity contribution in [2.24, 2.45) is 0 Å². The molecule has 0 saturated carbocycles. The Morgan fingerprint density at radius 2 is 1.84 bits per heavy atom. The van der Waals surface area contributed by atoms with E-state index in [-0.39, 0.29) is 12.5 Å². The molecular formula is C19H16N2O3S. The monoisotopic (exact) mass is 352 g/mol. The molecule has 1 aliphatic rings. The minimum atomic E-state index is -0.723. The van der Waals surface area contributed by atoms with Crippen molar-refractivity contribution in [3.63, 3.8) is 0 Å². The third kappa shape index (κ3) is 3.08. The lowest BCUT2D eigenvalue weighted by Crippen LogP contribution is -2.44. The molecule has 0 spiro atoms. The molecule has 1 aliphatic heterocycles. The first-order valence-electron chi connectivity index (χ1n) is 7.92. The number of carbonyl (C=O) groups is 1. The molecule has 0 N–H and O–H groups in total. The summed E-state index contributed by atoms with van der Waals surface area (Å²) in [5.74, 6) is 1.04. The van der Waals surface area contributed by atoms with Crippen molar-refractivity contribution < 1.29 is 14.3 Å². The van der Waals surface area contributed by atoms with Gasteiger partial charge in [-0.1, -0.05) is 30.3 Å². The molecule has 1 atom stereocenters. The van der Waals surface area contributed by atoms with E-state index in [1.54, 1.807) is 11.0 Å². The zero-order chi connectivity index (χ0) is 17.2. The van der Waals surface area contributed by atoms with E-state index in [0.717, 1.165) is 11.4 Å². The Hall–Kier alpha value is -2.86. The van der Waals surface area contributed by atoms with Gasteiger partial charge in [0.25, 0.3) is 5.91 Å². The molecule has 1 aromatic heterocycles. The second-order valence-corrected chi connectivity index (χ2v) is 6.48. The minimum absolute atomic E-state index is 0.170. The average molecular weight is 352 g/mol. The number of aromatic nitrogens is 1. The topological polar surface area (TPSA) is 51.7 Å². The number of hydrogen-bond acceptors (Lipinski definition) is 5. The number of aryl methyl sites for hydroxylation is 1. The van der Waals surface area contributed by atoms with Crippen LogP contribution in [0, 0.1) is 6.92 Å². The van der Waals surface area contributed by atoms with Crippen LogP contribution in [0.4, 0.5) is 10.8 Å². The van der Waals surface area contributed by atoms with Crippen LogP contribution in [0.1, 0.15) is 5.69 Å². The fraction of sp³-hybridized carbons (Fsp3) is 0.158. The fourth-order valence-electron chi connectivity index (χ4n) is 2.64. The summed E-state index contributed by atoms with van der Waals surface area (Å²) in [6, 6.07) is 16.8. The van der Waals surface area contributed by atoms with E-state index >= 15 is 0 Å². The van der Waals surface area contributed by atoms with Crippen molar-refractivity contribution in [1.82, 2.24) is 4.98 Å². The largest absolute Gasteiger partial charge is 0.485 e. The number of fused-ring (bicyclic) bond motifs is 1. The highest BCUT2D eigenvalue weighted by Gasteiger charge is 2.33. The molecule has 0 radical (unpaired) electrons. The highest BCUT2D eigenvalue weighted by molar-refractivity contribution is 7.14. The smallest absolute Gasteiger partial charge is 0.278 e. The predicted octanol–water partition coefficient (Wildman–Crippen LogP) is 3.96. The van der Waals surface area contributed by atoms with Crippen LogP contribution in [-0.4, -0.2) is 23.6 Å². The summed E-state index contributed by atoms with van der Waals surface area (Å²) in [5.41, 5.74) is 1.63.